The third kappa shape index (κ3) is 3.97. The lowest BCUT2D eigenvalue weighted by Crippen LogP contribution is -2.12. The molecule has 0 aliphatic heterocycles. The first kappa shape index (κ1) is 19.1. The Morgan fingerprint density at radius 2 is 1.86 bits per heavy atom. The van der Waals surface area contributed by atoms with Gasteiger partial charge in [-0.25, -0.2) is 24.1 Å². The average molecular weight is 408 g/mol. The van der Waals surface area contributed by atoms with E-state index in [4.69, 9.17) is 4.74 Å². The number of aromatic nitrogens is 4. The fourth-order valence-electron chi connectivity index (χ4n) is 2.92. The van der Waals surface area contributed by atoms with Gasteiger partial charge >= 0.3 is 5.97 Å². The number of aromatic amines is 1. The number of rotatable bonds is 5. The summed E-state index contributed by atoms with van der Waals surface area (Å²) in [5.74, 6) is -0.876. The maximum Gasteiger partial charge on any atom is 0.342 e. The SMILES string of the molecule is CCOC(=O)c1c(C)nc(Sc2nc3ccccc3[nH]2)nc1-c1ccc(F)cc1. The Morgan fingerprint density at radius 1 is 1.10 bits per heavy atom. The summed E-state index contributed by atoms with van der Waals surface area (Å²) in [5.41, 5.74) is 3.51. The van der Waals surface area contributed by atoms with Crippen LogP contribution in [0.2, 0.25) is 0 Å². The zero-order chi connectivity index (χ0) is 20.4. The topological polar surface area (TPSA) is 80.8 Å². The summed E-state index contributed by atoms with van der Waals surface area (Å²) >= 11 is 1.26. The summed E-state index contributed by atoms with van der Waals surface area (Å²) in [6.45, 7) is 3.69. The largest absolute Gasteiger partial charge is 0.462 e. The Labute approximate surface area is 170 Å². The minimum atomic E-state index is -0.510. The van der Waals surface area contributed by atoms with Gasteiger partial charge in [0.1, 0.15) is 11.4 Å². The molecule has 2 aromatic heterocycles. The summed E-state index contributed by atoms with van der Waals surface area (Å²) in [7, 11) is 0. The molecule has 1 N–H and O–H groups in total. The normalized spacial score (nSPS) is 11.0. The third-order valence-corrected chi connectivity index (χ3v) is 4.97. The van der Waals surface area contributed by atoms with Crippen molar-refractivity contribution in [2.45, 2.75) is 24.2 Å². The average Bonchev–Trinajstić information content (AvgIpc) is 3.10. The summed E-state index contributed by atoms with van der Waals surface area (Å²) in [5, 5.41) is 1.06. The van der Waals surface area contributed by atoms with Gasteiger partial charge in [-0.3, -0.25) is 0 Å². The lowest BCUT2D eigenvalue weighted by atomic mass is 10.0. The van der Waals surface area contributed by atoms with Gasteiger partial charge in [0, 0.05) is 5.56 Å². The number of benzene rings is 2. The van der Waals surface area contributed by atoms with Gasteiger partial charge in [-0.05, 0) is 62.0 Å². The maximum absolute atomic E-state index is 13.4. The molecule has 0 fully saturated rings. The molecule has 4 rings (SSSR count). The molecule has 0 aliphatic carbocycles. The number of nitrogens with one attached hydrogen (secondary N) is 1. The molecular weight excluding hydrogens is 391 g/mol. The molecule has 0 atom stereocenters. The van der Waals surface area contributed by atoms with Crippen molar-refractivity contribution in [3.05, 3.63) is 65.6 Å². The van der Waals surface area contributed by atoms with E-state index < -0.39 is 5.97 Å². The van der Waals surface area contributed by atoms with Crippen LogP contribution in [0.15, 0.2) is 58.8 Å². The molecule has 4 aromatic rings. The number of nitrogens with zero attached hydrogens (tertiary/aromatic N) is 3. The van der Waals surface area contributed by atoms with Gasteiger partial charge < -0.3 is 9.72 Å². The number of carbonyl (C=O) groups is 1. The fourth-order valence-corrected chi connectivity index (χ4v) is 3.72. The number of fused-ring (bicyclic) bond motifs is 1. The minimum absolute atomic E-state index is 0.233. The fraction of sp³-hybridized carbons (Fsp3) is 0.143. The molecular formula is C21H17FN4O2S. The summed E-state index contributed by atoms with van der Waals surface area (Å²) < 4.78 is 18.6. The van der Waals surface area contributed by atoms with Gasteiger partial charge in [0.2, 0.25) is 0 Å². The van der Waals surface area contributed by atoms with Crippen LogP contribution in [0.3, 0.4) is 0 Å². The van der Waals surface area contributed by atoms with Crippen LogP contribution >= 0.6 is 11.8 Å². The molecule has 6 nitrogen and oxygen atoms in total. The van der Waals surface area contributed by atoms with E-state index in [2.05, 4.69) is 19.9 Å². The maximum atomic E-state index is 13.4. The predicted molar refractivity (Wildman–Crippen MR) is 108 cm³/mol. The monoisotopic (exact) mass is 408 g/mol. The third-order valence-electron chi connectivity index (χ3n) is 4.22. The van der Waals surface area contributed by atoms with Crippen molar-refractivity contribution in [1.82, 2.24) is 19.9 Å². The molecule has 0 unspecified atom stereocenters. The molecule has 0 bridgehead atoms. The highest BCUT2D eigenvalue weighted by Gasteiger charge is 2.22. The Kier molecular flexibility index (Phi) is 5.26. The number of ether oxygens (including phenoxy) is 1. The van der Waals surface area contributed by atoms with Gasteiger partial charge in [-0.15, -0.1) is 0 Å². The van der Waals surface area contributed by atoms with Gasteiger partial charge in [0.15, 0.2) is 10.3 Å². The van der Waals surface area contributed by atoms with Gasteiger partial charge in [0.05, 0.1) is 29.0 Å². The summed E-state index contributed by atoms with van der Waals surface area (Å²) in [6.07, 6.45) is 0. The number of esters is 1. The van der Waals surface area contributed by atoms with E-state index in [-0.39, 0.29) is 18.0 Å². The zero-order valence-corrected chi connectivity index (χ0v) is 16.6. The lowest BCUT2D eigenvalue weighted by molar-refractivity contribution is 0.0525. The minimum Gasteiger partial charge on any atom is -0.462 e. The first-order valence-corrected chi connectivity index (χ1v) is 9.81. The highest BCUT2D eigenvalue weighted by molar-refractivity contribution is 7.99. The van der Waals surface area contributed by atoms with Crippen molar-refractivity contribution in [3.8, 4) is 11.3 Å². The van der Waals surface area contributed by atoms with Gasteiger partial charge in [-0.2, -0.15) is 0 Å². The number of carbonyl (C=O) groups excluding carboxylic acids is 1. The molecule has 29 heavy (non-hydrogen) atoms. The van der Waals surface area contributed by atoms with Crippen LogP contribution < -0.4 is 0 Å². The van der Waals surface area contributed by atoms with E-state index in [1.165, 1.54) is 23.9 Å². The number of hydrogen-bond donors (Lipinski definition) is 1. The standard InChI is InChI=1S/C21H17FN4O2S/c1-3-28-19(27)17-12(2)23-20(26-18(17)13-8-10-14(22)11-9-13)29-21-24-15-6-4-5-7-16(15)25-21/h4-11H,3H2,1-2H3,(H,24,25). The molecule has 146 valence electrons. The van der Waals surface area contributed by atoms with Crippen molar-refractivity contribution in [1.29, 1.82) is 0 Å². The Bertz CT molecular complexity index is 1160. The Hall–Kier alpha value is -3.26. The van der Waals surface area contributed by atoms with Crippen molar-refractivity contribution >= 4 is 28.8 Å². The van der Waals surface area contributed by atoms with E-state index >= 15 is 0 Å². The van der Waals surface area contributed by atoms with E-state index in [1.807, 2.05) is 24.3 Å². The molecule has 2 aromatic carbocycles. The Balaban J connectivity index is 1.79. The second-order valence-corrected chi connectivity index (χ2v) is 7.16. The molecule has 2 heterocycles. The molecule has 8 heteroatoms. The molecule has 0 saturated carbocycles. The number of aryl methyl sites for hydroxylation is 1. The number of halogens is 1. The van der Waals surface area contributed by atoms with Crippen LogP contribution in [0, 0.1) is 12.7 Å². The van der Waals surface area contributed by atoms with Crippen LogP contribution in [-0.4, -0.2) is 32.5 Å². The second-order valence-electron chi connectivity index (χ2n) is 6.20. The molecule has 0 saturated heterocycles. The van der Waals surface area contributed by atoms with Gasteiger partial charge in [-0.1, -0.05) is 12.1 Å². The molecule has 0 radical (unpaired) electrons. The van der Waals surface area contributed by atoms with Crippen LogP contribution in [0.4, 0.5) is 4.39 Å². The second kappa shape index (κ2) is 8.00. The number of para-hydroxylation sites is 2. The number of H-pyrrole nitrogens is 1. The van der Waals surface area contributed by atoms with Crippen molar-refractivity contribution < 1.29 is 13.9 Å². The number of hydrogen-bond acceptors (Lipinski definition) is 6. The van der Waals surface area contributed by atoms with E-state index in [1.54, 1.807) is 26.0 Å². The van der Waals surface area contributed by atoms with Crippen LogP contribution in [0.25, 0.3) is 22.3 Å². The van der Waals surface area contributed by atoms with E-state index in [0.717, 1.165) is 11.0 Å². The van der Waals surface area contributed by atoms with Crippen molar-refractivity contribution in [2.24, 2.45) is 0 Å². The highest BCUT2D eigenvalue weighted by atomic mass is 32.2. The lowest BCUT2D eigenvalue weighted by Gasteiger charge is -2.12. The van der Waals surface area contributed by atoms with Crippen LogP contribution in [-0.2, 0) is 4.74 Å². The quantitative estimate of drug-likeness (QED) is 0.378. The molecule has 0 aliphatic rings. The van der Waals surface area contributed by atoms with Crippen LogP contribution in [0.1, 0.15) is 23.0 Å². The first-order valence-electron chi connectivity index (χ1n) is 8.99. The van der Waals surface area contributed by atoms with Crippen molar-refractivity contribution in [3.63, 3.8) is 0 Å². The zero-order valence-electron chi connectivity index (χ0n) is 15.8. The Morgan fingerprint density at radius 3 is 2.59 bits per heavy atom. The summed E-state index contributed by atoms with van der Waals surface area (Å²) in [6, 6.07) is 13.5. The van der Waals surface area contributed by atoms with Crippen LogP contribution in [0.5, 0.6) is 0 Å². The predicted octanol–water partition coefficient (Wildman–Crippen LogP) is 4.80. The van der Waals surface area contributed by atoms with Crippen molar-refractivity contribution in [2.75, 3.05) is 6.61 Å². The smallest absolute Gasteiger partial charge is 0.342 e. The first-order chi connectivity index (χ1) is 14.0. The van der Waals surface area contributed by atoms with E-state index in [0.29, 0.717) is 27.3 Å². The highest BCUT2D eigenvalue weighted by Crippen LogP contribution is 2.30. The van der Waals surface area contributed by atoms with Gasteiger partial charge in [0.25, 0.3) is 0 Å². The number of imidazole rings is 1. The molecule has 0 spiro atoms. The summed E-state index contributed by atoms with van der Waals surface area (Å²) in [4.78, 5) is 29.3. The molecule has 0 amide bonds. The van der Waals surface area contributed by atoms with E-state index in [9.17, 15) is 9.18 Å².